The summed E-state index contributed by atoms with van der Waals surface area (Å²) in [6.45, 7) is 8.72. The Morgan fingerprint density at radius 1 is 1.21 bits per heavy atom. The largest absolute Gasteiger partial charge is 0.494 e. The average Bonchev–Trinajstić information content (AvgIpc) is 3.32. The first-order valence-electron chi connectivity index (χ1n) is 11.8. The van der Waals surface area contributed by atoms with E-state index in [1.807, 2.05) is 43.3 Å². The molecule has 0 spiro atoms. The highest BCUT2D eigenvalue weighted by Crippen LogP contribution is 2.20. The van der Waals surface area contributed by atoms with Gasteiger partial charge in [0.25, 0.3) is 0 Å². The lowest BCUT2D eigenvalue weighted by molar-refractivity contribution is -0.121. The molecule has 180 valence electrons. The van der Waals surface area contributed by atoms with Crippen molar-refractivity contribution >= 4 is 5.91 Å². The molecule has 4 rings (SSSR count). The fraction of sp³-hybridized carbons (Fsp3) is 0.423. The smallest absolute Gasteiger partial charge is 0.227 e. The van der Waals surface area contributed by atoms with Gasteiger partial charge in [-0.2, -0.15) is 4.98 Å². The van der Waals surface area contributed by atoms with E-state index >= 15 is 0 Å². The molecule has 0 radical (unpaired) electrons. The number of rotatable bonds is 10. The van der Waals surface area contributed by atoms with Crippen LogP contribution in [0.1, 0.15) is 37.3 Å². The van der Waals surface area contributed by atoms with Crippen molar-refractivity contribution in [2.24, 2.45) is 0 Å². The van der Waals surface area contributed by atoms with Gasteiger partial charge in [0.15, 0.2) is 0 Å². The zero-order chi connectivity index (χ0) is 23.8. The molecule has 3 aromatic rings. The van der Waals surface area contributed by atoms with Crippen molar-refractivity contribution in [3.63, 3.8) is 0 Å². The number of benzene rings is 2. The molecule has 1 fully saturated rings. The molecule has 0 saturated carbocycles. The molecule has 8 heteroatoms. The van der Waals surface area contributed by atoms with E-state index in [0.29, 0.717) is 31.3 Å². The van der Waals surface area contributed by atoms with Crippen LogP contribution in [0.3, 0.4) is 0 Å². The van der Waals surface area contributed by atoms with E-state index in [-0.39, 0.29) is 18.4 Å². The molecule has 2 heterocycles. The zero-order valence-electron chi connectivity index (χ0n) is 19.8. The van der Waals surface area contributed by atoms with E-state index in [1.54, 1.807) is 0 Å². The fourth-order valence-electron chi connectivity index (χ4n) is 3.98. The molecular weight excluding hydrogens is 432 g/mol. The molecule has 1 aliphatic heterocycles. The quantitative estimate of drug-likeness (QED) is 0.490. The summed E-state index contributed by atoms with van der Waals surface area (Å²) in [6, 6.07) is 15.9. The number of aryl methyl sites for hydroxylation is 1. The number of nitrogens with zero attached hydrogens (tertiary/aromatic N) is 3. The summed E-state index contributed by atoms with van der Waals surface area (Å²) in [5, 5.41) is 7.01. The number of aromatic nitrogens is 2. The van der Waals surface area contributed by atoms with Gasteiger partial charge in [0.05, 0.1) is 19.3 Å². The van der Waals surface area contributed by atoms with Gasteiger partial charge in [-0.15, -0.1) is 0 Å². The van der Waals surface area contributed by atoms with E-state index in [9.17, 15) is 4.79 Å². The van der Waals surface area contributed by atoms with Gasteiger partial charge in [-0.3, -0.25) is 9.69 Å². The van der Waals surface area contributed by atoms with Crippen molar-refractivity contribution in [3.8, 4) is 17.1 Å². The molecule has 1 saturated heterocycles. The summed E-state index contributed by atoms with van der Waals surface area (Å²) < 4.78 is 16.4. The van der Waals surface area contributed by atoms with Gasteiger partial charge in [0, 0.05) is 44.6 Å². The Morgan fingerprint density at radius 3 is 2.82 bits per heavy atom. The van der Waals surface area contributed by atoms with Gasteiger partial charge in [0.1, 0.15) is 5.75 Å². The molecule has 1 aromatic heterocycles. The van der Waals surface area contributed by atoms with Crippen LogP contribution in [0.25, 0.3) is 11.4 Å². The first-order valence-corrected chi connectivity index (χ1v) is 11.8. The third-order valence-corrected chi connectivity index (χ3v) is 5.67. The van der Waals surface area contributed by atoms with Gasteiger partial charge in [-0.05, 0) is 49.2 Å². The number of morpholine rings is 1. The summed E-state index contributed by atoms with van der Waals surface area (Å²) in [5.41, 5.74) is 3.17. The van der Waals surface area contributed by atoms with E-state index in [2.05, 4.69) is 39.4 Å². The highest BCUT2D eigenvalue weighted by atomic mass is 16.5. The Hall–Kier alpha value is -3.23. The highest BCUT2D eigenvalue weighted by Gasteiger charge is 2.17. The third-order valence-electron chi connectivity index (χ3n) is 5.67. The van der Waals surface area contributed by atoms with Crippen LogP contribution in [0, 0.1) is 0 Å². The molecule has 1 amide bonds. The molecule has 34 heavy (non-hydrogen) atoms. The molecule has 0 bridgehead atoms. The lowest BCUT2D eigenvalue weighted by atomic mass is 10.1. The number of carbonyl (C=O) groups excluding carboxylic acids is 1. The second kappa shape index (κ2) is 11.8. The van der Waals surface area contributed by atoms with Crippen molar-refractivity contribution in [2.75, 3.05) is 26.3 Å². The Kier molecular flexibility index (Phi) is 8.27. The minimum Gasteiger partial charge on any atom is -0.494 e. The first kappa shape index (κ1) is 23.9. The standard InChI is InChI=1S/C26H32N4O4/c1-3-32-23-9-7-22(8-10-23)26-28-25(34-29-26)12-11-24(31)27-16-20-5-4-6-21(15-20)18-30-13-14-33-19(2)17-30/h4-10,15,19H,3,11-14,16-18H2,1-2H3,(H,27,31). The van der Waals surface area contributed by atoms with Crippen molar-refractivity contribution in [3.05, 3.63) is 65.5 Å². The molecule has 1 atom stereocenters. The lowest BCUT2D eigenvalue weighted by Gasteiger charge is -2.31. The van der Waals surface area contributed by atoms with Crippen LogP contribution >= 0.6 is 0 Å². The van der Waals surface area contributed by atoms with E-state index in [4.69, 9.17) is 14.0 Å². The van der Waals surface area contributed by atoms with Crippen LogP contribution in [-0.4, -0.2) is 53.4 Å². The summed E-state index contributed by atoms with van der Waals surface area (Å²) in [4.78, 5) is 19.2. The normalized spacial score (nSPS) is 16.4. The summed E-state index contributed by atoms with van der Waals surface area (Å²) in [5.74, 6) is 1.70. The van der Waals surface area contributed by atoms with Crippen LogP contribution in [0.5, 0.6) is 5.75 Å². The van der Waals surface area contributed by atoms with Crippen molar-refractivity contribution < 1.29 is 18.8 Å². The van der Waals surface area contributed by atoms with Crippen LogP contribution in [0.15, 0.2) is 53.1 Å². The average molecular weight is 465 g/mol. The van der Waals surface area contributed by atoms with E-state index < -0.39 is 0 Å². The minimum absolute atomic E-state index is 0.0479. The number of carbonyl (C=O) groups is 1. The van der Waals surface area contributed by atoms with Crippen LogP contribution in [0.4, 0.5) is 0 Å². The van der Waals surface area contributed by atoms with E-state index in [1.165, 1.54) is 5.56 Å². The Bertz CT molecular complexity index is 1070. The predicted octanol–water partition coefficient (Wildman–Crippen LogP) is 3.61. The minimum atomic E-state index is -0.0479. The van der Waals surface area contributed by atoms with Crippen LogP contribution < -0.4 is 10.1 Å². The summed E-state index contributed by atoms with van der Waals surface area (Å²) >= 11 is 0. The van der Waals surface area contributed by atoms with Crippen LogP contribution in [-0.2, 0) is 29.0 Å². The van der Waals surface area contributed by atoms with Gasteiger partial charge >= 0.3 is 0 Å². The maximum Gasteiger partial charge on any atom is 0.227 e. The number of amides is 1. The molecule has 8 nitrogen and oxygen atoms in total. The zero-order valence-corrected chi connectivity index (χ0v) is 19.8. The topological polar surface area (TPSA) is 89.7 Å². The maximum absolute atomic E-state index is 12.4. The number of hydrogen-bond donors (Lipinski definition) is 1. The SMILES string of the molecule is CCOc1ccc(-c2noc(CCC(=O)NCc3cccc(CN4CCOC(C)C4)c3)n2)cc1. The van der Waals surface area contributed by atoms with Gasteiger partial charge in [-0.25, -0.2) is 0 Å². The predicted molar refractivity (Wildman–Crippen MR) is 128 cm³/mol. The second-order valence-corrected chi connectivity index (χ2v) is 8.48. The van der Waals surface area contributed by atoms with Gasteiger partial charge in [-0.1, -0.05) is 29.4 Å². The van der Waals surface area contributed by atoms with Crippen molar-refractivity contribution in [2.45, 2.75) is 45.9 Å². The molecular formula is C26H32N4O4. The fourth-order valence-corrected chi connectivity index (χ4v) is 3.98. The molecule has 0 aliphatic carbocycles. The molecule has 1 N–H and O–H groups in total. The van der Waals surface area contributed by atoms with Gasteiger partial charge < -0.3 is 19.3 Å². The second-order valence-electron chi connectivity index (χ2n) is 8.48. The van der Waals surface area contributed by atoms with Crippen LogP contribution in [0.2, 0.25) is 0 Å². The molecule has 2 aromatic carbocycles. The Morgan fingerprint density at radius 2 is 2.03 bits per heavy atom. The summed E-state index contributed by atoms with van der Waals surface area (Å²) in [7, 11) is 0. The summed E-state index contributed by atoms with van der Waals surface area (Å²) in [6.07, 6.45) is 0.952. The third kappa shape index (κ3) is 6.88. The molecule has 1 aliphatic rings. The van der Waals surface area contributed by atoms with Gasteiger partial charge in [0.2, 0.25) is 17.6 Å². The Labute approximate surface area is 200 Å². The van der Waals surface area contributed by atoms with Crippen molar-refractivity contribution in [1.29, 1.82) is 0 Å². The highest BCUT2D eigenvalue weighted by molar-refractivity contribution is 5.76. The monoisotopic (exact) mass is 464 g/mol. The number of hydrogen-bond acceptors (Lipinski definition) is 7. The van der Waals surface area contributed by atoms with Crippen molar-refractivity contribution in [1.82, 2.24) is 20.4 Å². The Balaban J connectivity index is 1.22. The lowest BCUT2D eigenvalue weighted by Crippen LogP contribution is -2.40. The number of nitrogens with one attached hydrogen (secondary N) is 1. The van der Waals surface area contributed by atoms with E-state index in [0.717, 1.165) is 43.1 Å². The molecule has 1 unspecified atom stereocenters. The number of ether oxygens (including phenoxy) is 2. The first-order chi connectivity index (χ1) is 16.6. The maximum atomic E-state index is 12.4.